The van der Waals surface area contributed by atoms with Gasteiger partial charge in [-0.05, 0) is 18.7 Å². The molecule has 0 bridgehead atoms. The van der Waals surface area contributed by atoms with Crippen LogP contribution in [0.1, 0.15) is 17.6 Å². The zero-order valence-corrected chi connectivity index (χ0v) is 10.8. The van der Waals surface area contributed by atoms with Crippen molar-refractivity contribution < 1.29 is 9.47 Å². The first-order chi connectivity index (χ1) is 9.76. The van der Waals surface area contributed by atoms with Gasteiger partial charge >= 0.3 is 0 Å². The number of fused-ring (bicyclic) bond motifs is 1. The zero-order chi connectivity index (χ0) is 13.9. The van der Waals surface area contributed by atoms with E-state index >= 15 is 0 Å². The average Bonchev–Trinajstić information content (AvgIpc) is 2.46. The fourth-order valence-corrected chi connectivity index (χ4v) is 2.11. The van der Waals surface area contributed by atoms with Gasteiger partial charge in [-0.15, -0.1) is 0 Å². The van der Waals surface area contributed by atoms with Crippen LogP contribution in [0, 0.1) is 0 Å². The number of hydrogen-bond acceptors (Lipinski definition) is 5. The predicted molar refractivity (Wildman–Crippen MR) is 72.9 cm³/mol. The van der Waals surface area contributed by atoms with E-state index in [4.69, 9.17) is 15.2 Å². The summed E-state index contributed by atoms with van der Waals surface area (Å²) in [7, 11) is 0. The number of para-hydroxylation sites is 2. The highest BCUT2D eigenvalue weighted by atomic mass is 16.6. The molecule has 0 saturated carbocycles. The molecule has 1 unspecified atom stereocenters. The van der Waals surface area contributed by atoms with E-state index in [-0.39, 0.29) is 5.56 Å². The van der Waals surface area contributed by atoms with Gasteiger partial charge < -0.3 is 20.2 Å². The first-order valence-electron chi connectivity index (χ1n) is 6.45. The molecule has 6 nitrogen and oxygen atoms in total. The third kappa shape index (κ3) is 2.50. The van der Waals surface area contributed by atoms with Crippen LogP contribution in [0.3, 0.4) is 0 Å². The van der Waals surface area contributed by atoms with Crippen LogP contribution >= 0.6 is 0 Å². The second kappa shape index (κ2) is 5.34. The Hall–Kier alpha value is -2.34. The average molecular weight is 273 g/mol. The minimum atomic E-state index is -0.421. The number of H-pyrrole nitrogens is 1. The Kier molecular flexibility index (Phi) is 3.39. The molecule has 0 fully saturated rings. The molecule has 1 aliphatic rings. The second-order valence-corrected chi connectivity index (χ2v) is 4.52. The lowest BCUT2D eigenvalue weighted by Gasteiger charge is -2.25. The van der Waals surface area contributed by atoms with Crippen LogP contribution in [0.2, 0.25) is 0 Å². The van der Waals surface area contributed by atoms with Crippen LogP contribution in [-0.4, -0.2) is 23.1 Å². The Bertz CT molecular complexity index is 669. The summed E-state index contributed by atoms with van der Waals surface area (Å²) >= 11 is 0. The lowest BCUT2D eigenvalue weighted by atomic mass is 10.2. The molecule has 104 valence electrons. The quantitative estimate of drug-likeness (QED) is 0.862. The number of nitrogens with zero attached hydrogens (tertiary/aromatic N) is 1. The first-order valence-corrected chi connectivity index (χ1v) is 6.45. The summed E-state index contributed by atoms with van der Waals surface area (Å²) in [5.41, 5.74) is 5.95. The summed E-state index contributed by atoms with van der Waals surface area (Å²) < 4.78 is 11.4. The number of aromatic amines is 1. The van der Waals surface area contributed by atoms with Gasteiger partial charge in [0, 0.05) is 18.2 Å². The second-order valence-electron chi connectivity index (χ2n) is 4.52. The molecule has 2 heterocycles. The van der Waals surface area contributed by atoms with E-state index in [1.54, 1.807) is 0 Å². The molecule has 6 heteroatoms. The van der Waals surface area contributed by atoms with E-state index < -0.39 is 6.10 Å². The lowest BCUT2D eigenvalue weighted by molar-refractivity contribution is 0.0847. The standard InChI is InChI=1S/C14H15N3O3/c15-6-5-9-7-13(18)17-14(16-9)12-8-19-10-3-1-2-4-11(10)20-12/h1-4,7,12H,5-6,8,15H2,(H,16,17,18). The molecule has 0 aliphatic carbocycles. The van der Waals surface area contributed by atoms with Crippen LogP contribution < -0.4 is 20.8 Å². The van der Waals surface area contributed by atoms with Gasteiger partial charge in [-0.3, -0.25) is 4.79 Å². The number of benzene rings is 1. The summed E-state index contributed by atoms with van der Waals surface area (Å²) in [5, 5.41) is 0. The van der Waals surface area contributed by atoms with Crippen molar-refractivity contribution in [3.8, 4) is 11.5 Å². The van der Waals surface area contributed by atoms with E-state index in [2.05, 4.69) is 9.97 Å². The topological polar surface area (TPSA) is 90.2 Å². The highest BCUT2D eigenvalue weighted by Gasteiger charge is 2.24. The number of hydrogen-bond donors (Lipinski definition) is 2. The molecule has 3 N–H and O–H groups in total. The van der Waals surface area contributed by atoms with Crippen molar-refractivity contribution in [1.82, 2.24) is 9.97 Å². The molecule has 1 aromatic carbocycles. The van der Waals surface area contributed by atoms with Gasteiger partial charge in [-0.25, -0.2) is 4.98 Å². The normalized spacial score (nSPS) is 16.9. The minimum Gasteiger partial charge on any atom is -0.485 e. The Balaban J connectivity index is 1.89. The smallest absolute Gasteiger partial charge is 0.251 e. The lowest BCUT2D eigenvalue weighted by Crippen LogP contribution is -2.26. The SMILES string of the molecule is NCCc1cc(=O)[nH]c(C2COc3ccccc3O2)n1. The van der Waals surface area contributed by atoms with E-state index in [1.165, 1.54) is 6.07 Å². The van der Waals surface area contributed by atoms with E-state index in [0.29, 0.717) is 42.6 Å². The molecule has 0 saturated heterocycles. The van der Waals surface area contributed by atoms with Gasteiger partial charge in [0.1, 0.15) is 6.61 Å². The van der Waals surface area contributed by atoms with Gasteiger partial charge in [0.2, 0.25) is 0 Å². The van der Waals surface area contributed by atoms with Crippen molar-refractivity contribution in [2.24, 2.45) is 5.73 Å². The Morgan fingerprint density at radius 1 is 1.35 bits per heavy atom. The highest BCUT2D eigenvalue weighted by molar-refractivity contribution is 5.41. The molecular formula is C14H15N3O3. The molecule has 0 radical (unpaired) electrons. The summed E-state index contributed by atoms with van der Waals surface area (Å²) in [6.07, 6.45) is 0.136. The maximum Gasteiger partial charge on any atom is 0.251 e. The zero-order valence-electron chi connectivity index (χ0n) is 10.8. The van der Waals surface area contributed by atoms with Crippen LogP contribution in [-0.2, 0) is 6.42 Å². The number of ether oxygens (including phenoxy) is 2. The third-order valence-corrected chi connectivity index (χ3v) is 3.03. The van der Waals surface area contributed by atoms with Gasteiger partial charge in [0.25, 0.3) is 5.56 Å². The monoisotopic (exact) mass is 273 g/mol. The van der Waals surface area contributed by atoms with Crippen molar-refractivity contribution in [2.75, 3.05) is 13.2 Å². The summed E-state index contributed by atoms with van der Waals surface area (Å²) in [5.74, 6) is 1.82. The maximum absolute atomic E-state index is 11.6. The van der Waals surface area contributed by atoms with Gasteiger partial charge in [0.05, 0.1) is 0 Å². The number of aromatic nitrogens is 2. The fraction of sp³-hybridized carbons (Fsp3) is 0.286. The molecule has 2 aromatic rings. The number of nitrogens with two attached hydrogens (primary N) is 1. The Morgan fingerprint density at radius 2 is 2.15 bits per heavy atom. The Labute approximate surface area is 115 Å². The van der Waals surface area contributed by atoms with E-state index in [9.17, 15) is 4.79 Å². The molecular weight excluding hydrogens is 258 g/mol. The van der Waals surface area contributed by atoms with Crippen LogP contribution in [0.15, 0.2) is 35.1 Å². The highest BCUT2D eigenvalue weighted by Crippen LogP contribution is 2.34. The van der Waals surface area contributed by atoms with Crippen LogP contribution in [0.5, 0.6) is 11.5 Å². The Morgan fingerprint density at radius 3 is 2.95 bits per heavy atom. The number of rotatable bonds is 3. The molecule has 1 aromatic heterocycles. The van der Waals surface area contributed by atoms with Crippen molar-refractivity contribution in [3.63, 3.8) is 0 Å². The van der Waals surface area contributed by atoms with Crippen LogP contribution in [0.25, 0.3) is 0 Å². The van der Waals surface area contributed by atoms with Gasteiger partial charge in [-0.2, -0.15) is 0 Å². The summed E-state index contributed by atoms with van der Waals surface area (Å²) in [6.45, 7) is 0.757. The van der Waals surface area contributed by atoms with Crippen LogP contribution in [0.4, 0.5) is 0 Å². The van der Waals surface area contributed by atoms with Gasteiger partial charge in [0.15, 0.2) is 23.4 Å². The molecule has 0 spiro atoms. The molecule has 1 atom stereocenters. The molecule has 3 rings (SSSR count). The third-order valence-electron chi connectivity index (χ3n) is 3.03. The molecule has 1 aliphatic heterocycles. The predicted octanol–water partition coefficient (Wildman–Crippen LogP) is 0.784. The molecule has 20 heavy (non-hydrogen) atoms. The number of nitrogens with one attached hydrogen (secondary N) is 1. The maximum atomic E-state index is 11.6. The van der Waals surface area contributed by atoms with Crippen molar-refractivity contribution >= 4 is 0 Å². The largest absolute Gasteiger partial charge is 0.485 e. The van der Waals surface area contributed by atoms with Crippen molar-refractivity contribution in [1.29, 1.82) is 0 Å². The van der Waals surface area contributed by atoms with Gasteiger partial charge in [-0.1, -0.05) is 12.1 Å². The summed E-state index contributed by atoms with van der Waals surface area (Å²) in [4.78, 5) is 18.7. The minimum absolute atomic E-state index is 0.207. The van der Waals surface area contributed by atoms with Crippen molar-refractivity contribution in [2.45, 2.75) is 12.5 Å². The first kappa shape index (κ1) is 12.7. The fourth-order valence-electron chi connectivity index (χ4n) is 2.11. The van der Waals surface area contributed by atoms with E-state index in [0.717, 1.165) is 0 Å². The van der Waals surface area contributed by atoms with Crippen molar-refractivity contribution in [3.05, 3.63) is 52.2 Å². The molecule has 0 amide bonds. The summed E-state index contributed by atoms with van der Waals surface area (Å²) in [6, 6.07) is 8.86. The van der Waals surface area contributed by atoms with E-state index in [1.807, 2.05) is 24.3 Å².